The summed E-state index contributed by atoms with van der Waals surface area (Å²) in [5, 5.41) is 4.12. The zero-order valence-electron chi connectivity index (χ0n) is 13.3. The first kappa shape index (κ1) is 16.2. The Labute approximate surface area is 135 Å². The molecule has 126 valence electrons. The Kier molecular flexibility index (Phi) is 4.51. The lowest BCUT2D eigenvalue weighted by Gasteiger charge is -2.21. The third kappa shape index (κ3) is 3.31. The maximum absolute atomic E-state index is 12.5. The fourth-order valence-electron chi connectivity index (χ4n) is 2.82. The predicted molar refractivity (Wildman–Crippen MR) is 83.2 cm³/mol. The fourth-order valence-corrected chi connectivity index (χ4v) is 4.19. The maximum Gasteiger partial charge on any atom is 0.260 e. The third-order valence-electron chi connectivity index (χ3n) is 4.20. The van der Waals surface area contributed by atoms with E-state index < -0.39 is 10.0 Å². The Morgan fingerprint density at radius 3 is 2.74 bits per heavy atom. The van der Waals surface area contributed by atoms with Crippen LogP contribution in [0, 0.1) is 13.8 Å². The first-order valence-electron chi connectivity index (χ1n) is 7.61. The zero-order chi connectivity index (χ0) is 16.4. The minimum atomic E-state index is -3.49. The molecule has 2 aromatic heterocycles. The highest BCUT2D eigenvalue weighted by molar-refractivity contribution is 7.89. The Morgan fingerprint density at radius 2 is 2.09 bits per heavy atom. The fraction of sp³-hybridized carbons (Fsp3) is 0.571. The largest absolute Gasteiger partial charge is 0.361 e. The zero-order valence-corrected chi connectivity index (χ0v) is 14.1. The highest BCUT2D eigenvalue weighted by Crippen LogP contribution is 2.19. The van der Waals surface area contributed by atoms with Gasteiger partial charge in [0.25, 0.3) is 10.0 Å². The monoisotopic (exact) mass is 339 g/mol. The molecule has 0 bridgehead atoms. The van der Waals surface area contributed by atoms with E-state index in [1.807, 2.05) is 13.8 Å². The van der Waals surface area contributed by atoms with E-state index >= 15 is 0 Å². The second-order valence-electron chi connectivity index (χ2n) is 5.75. The van der Waals surface area contributed by atoms with E-state index in [-0.39, 0.29) is 5.03 Å². The summed E-state index contributed by atoms with van der Waals surface area (Å²) in [7, 11) is -3.49. The van der Waals surface area contributed by atoms with Crippen molar-refractivity contribution in [1.29, 1.82) is 0 Å². The van der Waals surface area contributed by atoms with E-state index in [1.165, 1.54) is 16.8 Å². The van der Waals surface area contributed by atoms with Gasteiger partial charge < -0.3 is 9.51 Å². The second kappa shape index (κ2) is 6.42. The number of aromatic nitrogens is 3. The number of nitrogens with zero attached hydrogens (tertiary/aromatic N) is 4. The van der Waals surface area contributed by atoms with Crippen LogP contribution < -0.4 is 0 Å². The lowest BCUT2D eigenvalue weighted by Crippen LogP contribution is -2.35. The molecule has 0 aliphatic carbocycles. The Bertz CT molecular complexity index is 734. The van der Waals surface area contributed by atoms with Crippen LogP contribution in [0.1, 0.15) is 23.4 Å². The van der Waals surface area contributed by atoms with Gasteiger partial charge in [-0.05, 0) is 26.8 Å². The summed E-state index contributed by atoms with van der Waals surface area (Å²) in [6.45, 7) is 7.07. The van der Waals surface area contributed by atoms with Crippen molar-refractivity contribution in [2.45, 2.75) is 31.8 Å². The molecule has 3 rings (SSSR count). The normalized spacial score (nSPS) is 18.2. The van der Waals surface area contributed by atoms with Crippen LogP contribution in [-0.2, 0) is 16.6 Å². The van der Waals surface area contributed by atoms with Crippen LogP contribution in [0.4, 0.5) is 0 Å². The van der Waals surface area contributed by atoms with E-state index in [0.717, 1.165) is 36.5 Å². The average Bonchev–Trinajstić information content (AvgIpc) is 3.08. The lowest BCUT2D eigenvalue weighted by atomic mass is 10.2. The molecule has 3 heterocycles. The molecule has 1 N–H and O–H groups in total. The smallest absolute Gasteiger partial charge is 0.260 e. The molecule has 0 saturated carbocycles. The molecule has 1 aliphatic heterocycles. The van der Waals surface area contributed by atoms with Gasteiger partial charge >= 0.3 is 0 Å². The van der Waals surface area contributed by atoms with Gasteiger partial charge in [-0.3, -0.25) is 4.90 Å². The molecule has 8 nitrogen and oxygen atoms in total. The molecule has 23 heavy (non-hydrogen) atoms. The minimum absolute atomic E-state index is 0.150. The van der Waals surface area contributed by atoms with Crippen molar-refractivity contribution in [3.8, 4) is 0 Å². The molecule has 0 atom stereocenters. The molecule has 0 aromatic carbocycles. The van der Waals surface area contributed by atoms with Crippen molar-refractivity contribution in [1.82, 2.24) is 24.3 Å². The standard InChI is InChI=1S/C14H21N5O3S/c1-11-13(12(2)22-17-11)9-18-4-3-5-19(7-6-18)23(20,21)14-8-15-10-16-14/h8,10H,3-7,9H2,1-2H3,(H,15,16). The summed E-state index contributed by atoms with van der Waals surface area (Å²) in [5.74, 6) is 0.827. The van der Waals surface area contributed by atoms with Crippen LogP contribution in [0.5, 0.6) is 0 Å². The topological polar surface area (TPSA) is 95.3 Å². The van der Waals surface area contributed by atoms with E-state index in [0.29, 0.717) is 19.6 Å². The van der Waals surface area contributed by atoms with Crippen LogP contribution in [0.25, 0.3) is 0 Å². The van der Waals surface area contributed by atoms with Crippen molar-refractivity contribution in [2.24, 2.45) is 0 Å². The molecular formula is C14H21N5O3S. The summed E-state index contributed by atoms with van der Waals surface area (Å²) in [6.07, 6.45) is 3.52. The quantitative estimate of drug-likeness (QED) is 0.890. The van der Waals surface area contributed by atoms with Crippen LogP contribution in [-0.4, -0.2) is 58.9 Å². The lowest BCUT2D eigenvalue weighted by molar-refractivity contribution is 0.276. The molecule has 1 aliphatic rings. The highest BCUT2D eigenvalue weighted by atomic mass is 32.2. The van der Waals surface area contributed by atoms with Gasteiger partial charge in [0.15, 0.2) is 5.03 Å². The van der Waals surface area contributed by atoms with Gasteiger partial charge in [0.2, 0.25) is 0 Å². The highest BCUT2D eigenvalue weighted by Gasteiger charge is 2.28. The number of H-pyrrole nitrogens is 1. The van der Waals surface area contributed by atoms with Gasteiger partial charge in [-0.15, -0.1) is 0 Å². The number of nitrogens with one attached hydrogen (secondary N) is 1. The second-order valence-corrected chi connectivity index (χ2v) is 7.66. The number of aromatic amines is 1. The van der Waals surface area contributed by atoms with Crippen molar-refractivity contribution < 1.29 is 12.9 Å². The van der Waals surface area contributed by atoms with Crippen molar-refractivity contribution in [2.75, 3.05) is 26.2 Å². The van der Waals surface area contributed by atoms with Crippen LogP contribution in [0.2, 0.25) is 0 Å². The predicted octanol–water partition coefficient (Wildman–Crippen LogP) is 0.911. The van der Waals surface area contributed by atoms with Crippen molar-refractivity contribution >= 4 is 10.0 Å². The summed E-state index contributed by atoms with van der Waals surface area (Å²) in [6, 6.07) is 0. The van der Waals surface area contributed by atoms with E-state index in [4.69, 9.17) is 4.52 Å². The number of imidazole rings is 1. The summed E-state index contributed by atoms with van der Waals surface area (Å²) < 4.78 is 31.8. The van der Waals surface area contributed by atoms with E-state index in [2.05, 4.69) is 20.0 Å². The van der Waals surface area contributed by atoms with E-state index in [1.54, 1.807) is 0 Å². The van der Waals surface area contributed by atoms with Gasteiger partial charge in [0, 0.05) is 31.7 Å². The number of hydrogen-bond acceptors (Lipinski definition) is 6. The van der Waals surface area contributed by atoms with Crippen molar-refractivity contribution in [3.05, 3.63) is 29.5 Å². The van der Waals surface area contributed by atoms with E-state index in [9.17, 15) is 8.42 Å². The molecular weight excluding hydrogens is 318 g/mol. The summed E-state index contributed by atoms with van der Waals surface area (Å²) in [5.41, 5.74) is 1.99. The van der Waals surface area contributed by atoms with Gasteiger partial charge in [0.1, 0.15) is 5.76 Å². The number of rotatable bonds is 4. The molecule has 0 unspecified atom stereocenters. The number of aryl methyl sites for hydroxylation is 2. The SMILES string of the molecule is Cc1noc(C)c1CN1CCCN(S(=O)(=O)c2cnc[nH]2)CC1. The summed E-state index contributed by atoms with van der Waals surface area (Å²) >= 11 is 0. The maximum atomic E-state index is 12.5. The molecule has 0 amide bonds. The number of hydrogen-bond donors (Lipinski definition) is 1. The Hall–Kier alpha value is -1.71. The first-order chi connectivity index (χ1) is 11.0. The minimum Gasteiger partial charge on any atom is -0.361 e. The van der Waals surface area contributed by atoms with Crippen LogP contribution >= 0.6 is 0 Å². The molecule has 9 heteroatoms. The summed E-state index contributed by atoms with van der Waals surface area (Å²) in [4.78, 5) is 8.73. The van der Waals surface area contributed by atoms with Gasteiger partial charge in [-0.2, -0.15) is 4.31 Å². The van der Waals surface area contributed by atoms with Crippen molar-refractivity contribution in [3.63, 3.8) is 0 Å². The molecule has 1 saturated heterocycles. The Balaban J connectivity index is 1.68. The van der Waals surface area contributed by atoms with Gasteiger partial charge in [-0.1, -0.05) is 5.16 Å². The van der Waals surface area contributed by atoms with Gasteiger partial charge in [0.05, 0.1) is 18.2 Å². The molecule has 0 radical (unpaired) electrons. The first-order valence-corrected chi connectivity index (χ1v) is 9.05. The molecule has 1 fully saturated rings. The van der Waals surface area contributed by atoms with Crippen LogP contribution in [0.15, 0.2) is 22.1 Å². The third-order valence-corrected chi connectivity index (χ3v) is 6.03. The molecule has 2 aromatic rings. The number of sulfonamides is 1. The average molecular weight is 339 g/mol. The Morgan fingerprint density at radius 1 is 1.26 bits per heavy atom. The van der Waals surface area contributed by atoms with Crippen LogP contribution in [0.3, 0.4) is 0 Å². The van der Waals surface area contributed by atoms with Gasteiger partial charge in [-0.25, -0.2) is 13.4 Å². The molecule has 0 spiro atoms.